The molecule has 1 aliphatic rings. The number of hydrazine groups is 1. The highest BCUT2D eigenvalue weighted by molar-refractivity contribution is 9.09. The van der Waals surface area contributed by atoms with E-state index in [2.05, 4.69) is 55.8 Å². The van der Waals surface area contributed by atoms with E-state index in [1.165, 1.54) is 0 Å². The Kier molecular flexibility index (Phi) is 3.88. The Bertz CT molecular complexity index is 815. The average molecular weight is 394 g/mol. The summed E-state index contributed by atoms with van der Waals surface area (Å²) in [5.41, 5.74) is 7.60. The molecule has 120 valence electrons. The lowest BCUT2D eigenvalue weighted by molar-refractivity contribution is 0.437. The zero-order chi connectivity index (χ0) is 16.0. The second-order valence-corrected chi connectivity index (χ2v) is 7.93. The lowest BCUT2D eigenvalue weighted by Gasteiger charge is -2.18. The number of halogens is 1. The van der Waals surface area contributed by atoms with Crippen LogP contribution in [-0.4, -0.2) is 35.7 Å². The van der Waals surface area contributed by atoms with E-state index in [1.807, 2.05) is 12.1 Å². The van der Waals surface area contributed by atoms with Gasteiger partial charge in [0.05, 0.1) is 10.9 Å². The van der Waals surface area contributed by atoms with E-state index in [0.29, 0.717) is 17.8 Å². The number of hydrogen-bond donors (Lipinski definition) is 2. The number of aromatic nitrogens is 5. The molecule has 0 amide bonds. The van der Waals surface area contributed by atoms with Crippen molar-refractivity contribution in [2.24, 2.45) is 5.92 Å². The van der Waals surface area contributed by atoms with E-state index in [4.69, 9.17) is 5.10 Å². The Morgan fingerprint density at radius 1 is 1.30 bits per heavy atom. The highest BCUT2D eigenvalue weighted by Crippen LogP contribution is 2.34. The van der Waals surface area contributed by atoms with Crippen molar-refractivity contribution < 1.29 is 0 Å². The SMILES string of the molecule is CC(C)C1NNC(c2nn3c(-c4cccnc4)nnc3s2)C1Br. The smallest absolute Gasteiger partial charge is 0.235 e. The van der Waals surface area contributed by atoms with Crippen LogP contribution in [0.4, 0.5) is 0 Å². The fourth-order valence-electron chi connectivity index (χ4n) is 2.72. The Morgan fingerprint density at radius 3 is 2.87 bits per heavy atom. The Morgan fingerprint density at radius 2 is 2.17 bits per heavy atom. The van der Waals surface area contributed by atoms with Crippen molar-refractivity contribution in [1.82, 2.24) is 35.6 Å². The van der Waals surface area contributed by atoms with Gasteiger partial charge in [0.1, 0.15) is 5.01 Å². The van der Waals surface area contributed by atoms with Gasteiger partial charge in [0.15, 0.2) is 5.82 Å². The summed E-state index contributed by atoms with van der Waals surface area (Å²) in [6, 6.07) is 4.30. The molecule has 0 spiro atoms. The van der Waals surface area contributed by atoms with E-state index in [-0.39, 0.29) is 10.9 Å². The summed E-state index contributed by atoms with van der Waals surface area (Å²) in [5, 5.41) is 14.2. The normalized spacial score (nSPS) is 24.8. The van der Waals surface area contributed by atoms with Gasteiger partial charge in [-0.1, -0.05) is 41.1 Å². The molecule has 1 saturated heterocycles. The van der Waals surface area contributed by atoms with Gasteiger partial charge >= 0.3 is 0 Å². The maximum absolute atomic E-state index is 4.73. The molecule has 2 N–H and O–H groups in total. The topological polar surface area (TPSA) is 80.0 Å². The third-order valence-corrected chi connectivity index (χ3v) is 6.06. The molecule has 4 rings (SSSR count). The van der Waals surface area contributed by atoms with Gasteiger partial charge in [0, 0.05) is 24.0 Å². The molecule has 0 aromatic carbocycles. The van der Waals surface area contributed by atoms with Crippen LogP contribution in [-0.2, 0) is 0 Å². The van der Waals surface area contributed by atoms with E-state index >= 15 is 0 Å². The van der Waals surface area contributed by atoms with Gasteiger partial charge in [0.2, 0.25) is 4.96 Å². The first kappa shape index (κ1) is 15.1. The standard InChI is InChI=1S/C14H16BrN7S/c1-7(2)10-9(15)11(18-17-10)13-21-22-12(19-20-14(22)23-13)8-4-3-5-16-6-8/h3-7,9-11,17-18H,1-2H3. The van der Waals surface area contributed by atoms with Crippen LogP contribution in [0.2, 0.25) is 0 Å². The van der Waals surface area contributed by atoms with E-state index in [1.54, 1.807) is 28.2 Å². The minimum Gasteiger partial charge on any atom is -0.264 e. The number of rotatable bonds is 3. The first-order chi connectivity index (χ1) is 11.1. The lowest BCUT2D eigenvalue weighted by atomic mass is 10.00. The van der Waals surface area contributed by atoms with Crippen LogP contribution in [0.1, 0.15) is 24.9 Å². The monoisotopic (exact) mass is 393 g/mol. The zero-order valence-electron chi connectivity index (χ0n) is 12.6. The molecule has 3 atom stereocenters. The van der Waals surface area contributed by atoms with Crippen molar-refractivity contribution >= 4 is 32.2 Å². The molecule has 0 bridgehead atoms. The molecule has 7 nitrogen and oxygen atoms in total. The second kappa shape index (κ2) is 5.90. The van der Waals surface area contributed by atoms with Gasteiger partial charge in [-0.15, -0.1) is 10.2 Å². The van der Waals surface area contributed by atoms with Crippen molar-refractivity contribution in [3.05, 3.63) is 29.5 Å². The maximum atomic E-state index is 4.73. The molecular formula is C14H16BrN7S. The minimum absolute atomic E-state index is 0.107. The summed E-state index contributed by atoms with van der Waals surface area (Å²) in [5.74, 6) is 1.24. The van der Waals surface area contributed by atoms with Gasteiger partial charge in [-0.2, -0.15) is 9.61 Å². The molecule has 3 aromatic rings. The van der Waals surface area contributed by atoms with Crippen LogP contribution < -0.4 is 10.9 Å². The Labute approximate surface area is 145 Å². The summed E-state index contributed by atoms with van der Waals surface area (Å²) in [6.45, 7) is 4.41. The van der Waals surface area contributed by atoms with Crippen LogP contribution in [0.25, 0.3) is 16.3 Å². The van der Waals surface area contributed by atoms with Crippen molar-refractivity contribution in [1.29, 1.82) is 0 Å². The number of alkyl halides is 1. The van der Waals surface area contributed by atoms with E-state index < -0.39 is 0 Å². The molecule has 1 aliphatic heterocycles. The zero-order valence-corrected chi connectivity index (χ0v) is 15.0. The highest BCUT2D eigenvalue weighted by atomic mass is 79.9. The van der Waals surface area contributed by atoms with E-state index in [9.17, 15) is 0 Å². The molecule has 0 saturated carbocycles. The van der Waals surface area contributed by atoms with Crippen molar-refractivity contribution in [3.63, 3.8) is 0 Å². The molecule has 9 heteroatoms. The molecule has 3 unspecified atom stereocenters. The van der Waals surface area contributed by atoms with Crippen molar-refractivity contribution in [3.8, 4) is 11.4 Å². The van der Waals surface area contributed by atoms with Gasteiger partial charge in [-0.05, 0) is 18.1 Å². The van der Waals surface area contributed by atoms with Gasteiger partial charge in [0.25, 0.3) is 0 Å². The molecular weight excluding hydrogens is 378 g/mol. The number of pyridine rings is 1. The first-order valence-corrected chi connectivity index (χ1v) is 9.16. The number of fused-ring (bicyclic) bond motifs is 1. The maximum Gasteiger partial charge on any atom is 0.235 e. The fraction of sp³-hybridized carbons (Fsp3) is 0.429. The molecule has 4 heterocycles. The summed E-state index contributed by atoms with van der Waals surface area (Å²) in [4.78, 5) is 5.19. The quantitative estimate of drug-likeness (QED) is 0.663. The van der Waals surface area contributed by atoms with Crippen LogP contribution in [0, 0.1) is 5.92 Å². The molecule has 3 aromatic heterocycles. The largest absolute Gasteiger partial charge is 0.264 e. The molecule has 1 fully saturated rings. The predicted octanol–water partition coefficient (Wildman–Crippen LogP) is 2.18. The number of hydrogen-bond acceptors (Lipinski definition) is 7. The number of nitrogens with zero attached hydrogens (tertiary/aromatic N) is 5. The summed E-state index contributed by atoms with van der Waals surface area (Å²) in [7, 11) is 0. The fourth-order valence-corrected chi connectivity index (χ4v) is 4.95. The Hall–Kier alpha value is -1.42. The van der Waals surface area contributed by atoms with Crippen LogP contribution in [0.3, 0.4) is 0 Å². The third-order valence-electron chi connectivity index (χ3n) is 3.98. The van der Waals surface area contributed by atoms with E-state index in [0.717, 1.165) is 15.5 Å². The highest BCUT2D eigenvalue weighted by Gasteiger charge is 2.38. The predicted molar refractivity (Wildman–Crippen MR) is 92.2 cm³/mol. The molecule has 23 heavy (non-hydrogen) atoms. The van der Waals surface area contributed by atoms with Crippen molar-refractivity contribution in [2.75, 3.05) is 0 Å². The second-order valence-electron chi connectivity index (χ2n) is 5.88. The van der Waals surface area contributed by atoms with Crippen molar-refractivity contribution in [2.45, 2.75) is 30.8 Å². The minimum atomic E-state index is 0.107. The van der Waals surface area contributed by atoms with Gasteiger partial charge in [-0.3, -0.25) is 10.4 Å². The van der Waals surface area contributed by atoms with Crippen LogP contribution in [0.15, 0.2) is 24.5 Å². The Balaban J connectivity index is 1.70. The third kappa shape index (κ3) is 2.57. The summed E-state index contributed by atoms with van der Waals surface area (Å²) >= 11 is 5.36. The van der Waals surface area contributed by atoms with Crippen LogP contribution >= 0.6 is 27.3 Å². The summed E-state index contributed by atoms with van der Waals surface area (Å²) in [6.07, 6.45) is 3.51. The summed E-state index contributed by atoms with van der Waals surface area (Å²) < 4.78 is 1.79. The lowest BCUT2D eigenvalue weighted by Crippen LogP contribution is -2.36. The van der Waals surface area contributed by atoms with Crippen LogP contribution in [0.5, 0.6) is 0 Å². The molecule has 0 aliphatic carbocycles. The number of nitrogens with one attached hydrogen (secondary N) is 2. The first-order valence-electron chi connectivity index (χ1n) is 7.43. The average Bonchev–Trinajstić information content (AvgIpc) is 3.21. The van der Waals surface area contributed by atoms with Gasteiger partial charge in [-0.25, -0.2) is 5.43 Å². The molecule has 0 radical (unpaired) electrons. The van der Waals surface area contributed by atoms with Gasteiger partial charge < -0.3 is 0 Å².